The standard InChI is InChI=1S/C18H22N6S/c1-13-17(25-12-21-13)11-24-6-3-4-14(10-24)15-8-19-9-16(22-15)18-20-5-7-23(18)2/h5,7-9,12,14H,3-4,6,10-11H2,1-2H3. The van der Waals surface area contributed by atoms with Crippen LogP contribution in [0.15, 0.2) is 30.3 Å². The van der Waals surface area contributed by atoms with Crippen molar-refractivity contribution in [1.82, 2.24) is 29.4 Å². The van der Waals surface area contributed by atoms with Crippen LogP contribution >= 0.6 is 11.3 Å². The molecule has 7 heteroatoms. The number of nitrogens with zero attached hydrogens (tertiary/aromatic N) is 6. The fraction of sp³-hybridized carbons (Fsp3) is 0.444. The van der Waals surface area contributed by atoms with Crippen molar-refractivity contribution in [3.8, 4) is 11.5 Å². The van der Waals surface area contributed by atoms with E-state index in [2.05, 4.69) is 26.8 Å². The van der Waals surface area contributed by atoms with Crippen LogP contribution in [0.1, 0.15) is 35.0 Å². The van der Waals surface area contributed by atoms with E-state index in [-0.39, 0.29) is 0 Å². The SMILES string of the molecule is Cc1ncsc1CN1CCCC(c2cncc(-c3nccn3C)n2)C1. The molecule has 0 amide bonds. The van der Waals surface area contributed by atoms with E-state index in [1.807, 2.05) is 29.5 Å². The second-order valence-corrected chi connectivity index (χ2v) is 7.57. The molecule has 0 N–H and O–H groups in total. The van der Waals surface area contributed by atoms with E-state index >= 15 is 0 Å². The van der Waals surface area contributed by atoms with Crippen molar-refractivity contribution in [2.45, 2.75) is 32.2 Å². The maximum atomic E-state index is 4.87. The lowest BCUT2D eigenvalue weighted by Crippen LogP contribution is -2.34. The number of thiazole rings is 1. The Labute approximate surface area is 151 Å². The third kappa shape index (κ3) is 3.48. The number of rotatable bonds is 4. The first-order chi connectivity index (χ1) is 12.2. The van der Waals surface area contributed by atoms with Crippen LogP contribution in [0.2, 0.25) is 0 Å². The second kappa shape index (κ2) is 7.01. The third-order valence-corrected chi connectivity index (χ3v) is 5.76. The number of aryl methyl sites for hydroxylation is 2. The summed E-state index contributed by atoms with van der Waals surface area (Å²) in [5, 5.41) is 0. The lowest BCUT2D eigenvalue weighted by molar-refractivity contribution is 0.199. The number of likely N-dealkylation sites (tertiary alicyclic amines) is 1. The van der Waals surface area contributed by atoms with Gasteiger partial charge >= 0.3 is 0 Å². The molecule has 1 aliphatic rings. The molecule has 0 spiro atoms. The zero-order valence-electron chi connectivity index (χ0n) is 14.6. The zero-order valence-corrected chi connectivity index (χ0v) is 15.4. The number of hydrogen-bond donors (Lipinski definition) is 0. The van der Waals surface area contributed by atoms with E-state index in [9.17, 15) is 0 Å². The molecule has 1 saturated heterocycles. The maximum Gasteiger partial charge on any atom is 0.159 e. The quantitative estimate of drug-likeness (QED) is 0.721. The number of piperidine rings is 1. The Morgan fingerprint density at radius 1 is 1.28 bits per heavy atom. The summed E-state index contributed by atoms with van der Waals surface area (Å²) in [4.78, 5) is 21.9. The van der Waals surface area contributed by atoms with E-state index in [0.717, 1.165) is 49.0 Å². The summed E-state index contributed by atoms with van der Waals surface area (Å²) < 4.78 is 1.98. The van der Waals surface area contributed by atoms with Crippen LogP contribution in [0.3, 0.4) is 0 Å². The molecule has 3 aromatic rings. The molecule has 0 bridgehead atoms. The fourth-order valence-corrected chi connectivity index (χ4v) is 4.24. The molecule has 1 atom stereocenters. The number of aromatic nitrogens is 5. The van der Waals surface area contributed by atoms with Gasteiger partial charge in [-0.2, -0.15) is 0 Å². The maximum absolute atomic E-state index is 4.87. The topological polar surface area (TPSA) is 59.7 Å². The Hall–Kier alpha value is -2.12. The Balaban J connectivity index is 1.51. The normalized spacial score (nSPS) is 18.6. The van der Waals surface area contributed by atoms with Gasteiger partial charge in [-0.25, -0.2) is 15.0 Å². The van der Waals surface area contributed by atoms with E-state index in [4.69, 9.17) is 4.98 Å². The average Bonchev–Trinajstić information content (AvgIpc) is 3.24. The van der Waals surface area contributed by atoms with Gasteiger partial charge in [0.05, 0.1) is 23.1 Å². The van der Waals surface area contributed by atoms with Crippen LogP contribution in [0.25, 0.3) is 11.5 Å². The van der Waals surface area contributed by atoms with Crippen molar-refractivity contribution in [3.63, 3.8) is 0 Å². The predicted molar refractivity (Wildman–Crippen MR) is 98.3 cm³/mol. The van der Waals surface area contributed by atoms with Crippen molar-refractivity contribution in [2.24, 2.45) is 7.05 Å². The molecule has 0 aromatic carbocycles. The van der Waals surface area contributed by atoms with Crippen LogP contribution in [0.4, 0.5) is 0 Å². The van der Waals surface area contributed by atoms with E-state index in [1.54, 1.807) is 23.7 Å². The van der Waals surface area contributed by atoms with Crippen molar-refractivity contribution >= 4 is 11.3 Å². The molecule has 0 radical (unpaired) electrons. The minimum absolute atomic E-state index is 0.426. The summed E-state index contributed by atoms with van der Waals surface area (Å²) in [6, 6.07) is 0. The Bertz CT molecular complexity index is 855. The summed E-state index contributed by atoms with van der Waals surface area (Å²) >= 11 is 1.75. The van der Waals surface area contributed by atoms with Gasteiger partial charge in [-0.3, -0.25) is 9.88 Å². The smallest absolute Gasteiger partial charge is 0.159 e. The van der Waals surface area contributed by atoms with Gasteiger partial charge in [0, 0.05) is 49.5 Å². The molecule has 4 rings (SSSR count). The molecule has 25 heavy (non-hydrogen) atoms. The first-order valence-electron chi connectivity index (χ1n) is 8.61. The highest BCUT2D eigenvalue weighted by molar-refractivity contribution is 7.09. The molecule has 4 heterocycles. The summed E-state index contributed by atoms with van der Waals surface area (Å²) in [5.74, 6) is 1.29. The van der Waals surface area contributed by atoms with Gasteiger partial charge in [-0.15, -0.1) is 11.3 Å². The molecule has 1 unspecified atom stereocenters. The average molecular weight is 354 g/mol. The largest absolute Gasteiger partial charge is 0.333 e. The highest BCUT2D eigenvalue weighted by Crippen LogP contribution is 2.28. The number of hydrogen-bond acceptors (Lipinski definition) is 6. The minimum atomic E-state index is 0.426. The van der Waals surface area contributed by atoms with Crippen LogP contribution in [0, 0.1) is 6.92 Å². The molecule has 0 saturated carbocycles. The summed E-state index contributed by atoms with van der Waals surface area (Å²) in [6.07, 6.45) is 9.80. The van der Waals surface area contributed by atoms with E-state index < -0.39 is 0 Å². The first-order valence-corrected chi connectivity index (χ1v) is 9.49. The highest BCUT2D eigenvalue weighted by atomic mass is 32.1. The monoisotopic (exact) mass is 354 g/mol. The molecule has 1 aliphatic heterocycles. The lowest BCUT2D eigenvalue weighted by Gasteiger charge is -2.32. The molecule has 3 aromatic heterocycles. The lowest BCUT2D eigenvalue weighted by atomic mass is 9.95. The first kappa shape index (κ1) is 16.4. The Morgan fingerprint density at radius 2 is 2.20 bits per heavy atom. The van der Waals surface area contributed by atoms with E-state index in [1.165, 1.54) is 11.3 Å². The van der Waals surface area contributed by atoms with Crippen molar-refractivity contribution in [3.05, 3.63) is 46.6 Å². The van der Waals surface area contributed by atoms with Crippen LogP contribution in [-0.2, 0) is 13.6 Å². The van der Waals surface area contributed by atoms with Crippen LogP contribution in [0.5, 0.6) is 0 Å². The summed E-state index contributed by atoms with van der Waals surface area (Å²) in [6.45, 7) is 5.24. The Kier molecular flexibility index (Phi) is 4.59. The second-order valence-electron chi connectivity index (χ2n) is 6.63. The Morgan fingerprint density at radius 3 is 2.96 bits per heavy atom. The molecular weight excluding hydrogens is 332 g/mol. The van der Waals surface area contributed by atoms with Gasteiger partial charge < -0.3 is 4.57 Å². The predicted octanol–water partition coefficient (Wildman–Crippen LogP) is 3.02. The van der Waals surface area contributed by atoms with Gasteiger partial charge in [0.2, 0.25) is 0 Å². The molecule has 130 valence electrons. The van der Waals surface area contributed by atoms with E-state index in [0.29, 0.717) is 5.92 Å². The van der Waals surface area contributed by atoms with Crippen molar-refractivity contribution in [1.29, 1.82) is 0 Å². The molecule has 0 aliphatic carbocycles. The van der Waals surface area contributed by atoms with Gasteiger partial charge in [-0.05, 0) is 26.3 Å². The summed E-state index contributed by atoms with van der Waals surface area (Å²) in [5.41, 5.74) is 5.02. The number of imidazole rings is 1. The molecular formula is C18H22N6S. The van der Waals surface area contributed by atoms with Gasteiger partial charge in [-0.1, -0.05) is 0 Å². The highest BCUT2D eigenvalue weighted by Gasteiger charge is 2.24. The zero-order chi connectivity index (χ0) is 17.2. The molecule has 6 nitrogen and oxygen atoms in total. The minimum Gasteiger partial charge on any atom is -0.333 e. The molecule has 1 fully saturated rings. The summed E-state index contributed by atoms with van der Waals surface area (Å²) in [7, 11) is 1.98. The van der Waals surface area contributed by atoms with Crippen molar-refractivity contribution in [2.75, 3.05) is 13.1 Å². The van der Waals surface area contributed by atoms with Gasteiger partial charge in [0.1, 0.15) is 5.69 Å². The third-order valence-electron chi connectivity index (χ3n) is 4.84. The van der Waals surface area contributed by atoms with Gasteiger partial charge in [0.25, 0.3) is 0 Å². The van der Waals surface area contributed by atoms with Crippen LogP contribution < -0.4 is 0 Å². The van der Waals surface area contributed by atoms with Crippen molar-refractivity contribution < 1.29 is 0 Å². The van der Waals surface area contributed by atoms with Crippen LogP contribution in [-0.4, -0.2) is 42.5 Å². The van der Waals surface area contributed by atoms with Gasteiger partial charge in [0.15, 0.2) is 5.82 Å². The fourth-order valence-electron chi connectivity index (χ4n) is 3.42.